The third-order valence-electron chi connectivity index (χ3n) is 3.90. The fourth-order valence-electron chi connectivity index (χ4n) is 2.56. The van der Waals surface area contributed by atoms with Crippen molar-refractivity contribution in [2.24, 2.45) is 0 Å². The second-order valence-electron chi connectivity index (χ2n) is 5.79. The van der Waals surface area contributed by atoms with Crippen LogP contribution in [0.3, 0.4) is 0 Å². The molecule has 1 amide bonds. The quantitative estimate of drug-likeness (QED) is 0.515. The van der Waals surface area contributed by atoms with Crippen molar-refractivity contribution in [3.63, 3.8) is 0 Å². The van der Waals surface area contributed by atoms with Gasteiger partial charge in [0.15, 0.2) is 5.76 Å². The molecule has 0 aliphatic carbocycles. The normalized spacial score (nSPS) is 11.0. The zero-order chi connectivity index (χ0) is 18.8. The highest BCUT2D eigenvalue weighted by molar-refractivity contribution is 7.99. The number of hydrogen-bond donors (Lipinski definition) is 2. The largest absolute Gasteiger partial charge is 0.463 e. The molecule has 3 heterocycles. The fourth-order valence-corrected chi connectivity index (χ4v) is 3.26. The average molecular weight is 381 g/mol. The lowest BCUT2D eigenvalue weighted by Crippen LogP contribution is -2.17. The van der Waals surface area contributed by atoms with Crippen molar-refractivity contribution in [2.45, 2.75) is 12.1 Å². The van der Waals surface area contributed by atoms with Gasteiger partial charge < -0.3 is 9.73 Å². The van der Waals surface area contributed by atoms with Crippen molar-refractivity contribution in [2.75, 3.05) is 11.1 Å². The molecule has 0 fully saturated rings. The summed E-state index contributed by atoms with van der Waals surface area (Å²) in [5, 5.41) is 14.1. The molecular weight excluding hydrogens is 366 g/mol. The topological polar surface area (TPSA) is 105 Å². The van der Waals surface area contributed by atoms with Gasteiger partial charge in [0.25, 0.3) is 5.56 Å². The molecule has 0 saturated heterocycles. The molecule has 4 rings (SSSR count). The van der Waals surface area contributed by atoms with Crippen LogP contribution in [0.25, 0.3) is 17.0 Å². The summed E-state index contributed by atoms with van der Waals surface area (Å²) in [5.74, 6) is 0.499. The number of carbonyl (C=O) groups excluding carboxylic acids is 1. The summed E-state index contributed by atoms with van der Waals surface area (Å²) < 4.78 is 6.74. The molecule has 0 unspecified atom stereocenters. The first-order chi connectivity index (χ1) is 13.1. The summed E-state index contributed by atoms with van der Waals surface area (Å²) in [7, 11) is 0. The van der Waals surface area contributed by atoms with Crippen molar-refractivity contribution in [1.82, 2.24) is 19.8 Å². The molecule has 0 radical (unpaired) electrons. The summed E-state index contributed by atoms with van der Waals surface area (Å²) in [6.45, 7) is 1.93. The molecule has 3 aromatic heterocycles. The highest BCUT2D eigenvalue weighted by Gasteiger charge is 2.15. The van der Waals surface area contributed by atoms with Crippen molar-refractivity contribution in [1.29, 1.82) is 0 Å². The molecule has 9 heteroatoms. The summed E-state index contributed by atoms with van der Waals surface area (Å²) in [5.41, 5.74) is 2.23. The second-order valence-corrected chi connectivity index (χ2v) is 6.73. The van der Waals surface area contributed by atoms with E-state index in [2.05, 4.69) is 20.6 Å². The Morgan fingerprint density at radius 1 is 1.30 bits per heavy atom. The lowest BCUT2D eigenvalue weighted by atomic mass is 10.2. The lowest BCUT2D eigenvalue weighted by molar-refractivity contribution is -0.113. The van der Waals surface area contributed by atoms with Gasteiger partial charge in [0.1, 0.15) is 11.2 Å². The summed E-state index contributed by atoms with van der Waals surface area (Å²) in [6, 6.07) is 12.7. The Bertz CT molecular complexity index is 1160. The standard InChI is InChI=1S/C18H15N5O3S/c1-11-5-2-3-6-12(11)19-16(24)10-27-18-21-20-17(25)14-9-13(22-23(14)18)15-7-4-8-26-15/h2-9H,10H2,1H3,(H,19,24)(H,20,25). The third kappa shape index (κ3) is 3.49. The fraction of sp³-hybridized carbons (Fsp3) is 0.111. The van der Waals surface area contributed by atoms with Crippen molar-refractivity contribution in [3.05, 3.63) is 64.6 Å². The third-order valence-corrected chi connectivity index (χ3v) is 4.83. The first-order valence-corrected chi connectivity index (χ1v) is 9.11. The van der Waals surface area contributed by atoms with Gasteiger partial charge in [0.2, 0.25) is 11.1 Å². The van der Waals surface area contributed by atoms with Crippen LogP contribution in [0, 0.1) is 6.92 Å². The minimum absolute atomic E-state index is 0.123. The molecule has 0 aliphatic rings. The van der Waals surface area contributed by atoms with Crippen LogP contribution >= 0.6 is 11.8 Å². The molecule has 8 nitrogen and oxygen atoms in total. The molecule has 1 aromatic carbocycles. The van der Waals surface area contributed by atoms with Gasteiger partial charge in [0, 0.05) is 11.8 Å². The number of aryl methyl sites for hydroxylation is 1. The molecule has 136 valence electrons. The number of benzene rings is 1. The maximum absolute atomic E-state index is 12.3. The summed E-state index contributed by atoms with van der Waals surface area (Å²) in [6.07, 6.45) is 1.54. The van der Waals surface area contributed by atoms with Gasteiger partial charge in [-0.05, 0) is 30.7 Å². The number of fused-ring (bicyclic) bond motifs is 1. The number of H-pyrrole nitrogens is 1. The molecular formula is C18H15N5O3S. The first-order valence-electron chi connectivity index (χ1n) is 8.12. The minimum Gasteiger partial charge on any atom is -0.463 e. The van der Waals surface area contributed by atoms with Crippen LogP contribution in [0.1, 0.15) is 5.56 Å². The predicted molar refractivity (Wildman–Crippen MR) is 102 cm³/mol. The number of thioether (sulfide) groups is 1. The van der Waals surface area contributed by atoms with Crippen LogP contribution in [-0.4, -0.2) is 31.5 Å². The Morgan fingerprint density at radius 3 is 2.93 bits per heavy atom. The van der Waals surface area contributed by atoms with E-state index in [1.54, 1.807) is 18.2 Å². The van der Waals surface area contributed by atoms with Crippen LogP contribution in [0.5, 0.6) is 0 Å². The number of para-hydroxylation sites is 1. The number of carbonyl (C=O) groups is 1. The van der Waals surface area contributed by atoms with Crippen LogP contribution in [0.2, 0.25) is 0 Å². The van der Waals surface area contributed by atoms with Crippen molar-refractivity contribution >= 4 is 28.9 Å². The Hall–Kier alpha value is -3.33. The maximum atomic E-state index is 12.3. The SMILES string of the molecule is Cc1ccccc1NC(=O)CSc1n[nH]c(=O)c2cc(-c3ccco3)nn12. The van der Waals surface area contributed by atoms with E-state index in [-0.39, 0.29) is 17.2 Å². The second kappa shape index (κ2) is 7.12. The molecule has 2 N–H and O–H groups in total. The number of aromatic amines is 1. The Morgan fingerprint density at radius 2 is 2.15 bits per heavy atom. The number of amides is 1. The van der Waals surface area contributed by atoms with Gasteiger partial charge in [-0.1, -0.05) is 30.0 Å². The first kappa shape index (κ1) is 17.1. The van der Waals surface area contributed by atoms with Crippen molar-refractivity contribution < 1.29 is 9.21 Å². The number of rotatable bonds is 5. The number of nitrogens with one attached hydrogen (secondary N) is 2. The zero-order valence-corrected chi connectivity index (χ0v) is 15.1. The molecule has 0 bridgehead atoms. The van der Waals surface area contributed by atoms with E-state index in [4.69, 9.17) is 4.42 Å². The van der Waals surface area contributed by atoms with Crippen LogP contribution in [0.4, 0.5) is 5.69 Å². The lowest BCUT2D eigenvalue weighted by Gasteiger charge is -2.07. The highest BCUT2D eigenvalue weighted by atomic mass is 32.2. The predicted octanol–water partition coefficient (Wildman–Crippen LogP) is 2.72. The van der Waals surface area contributed by atoms with Gasteiger partial charge in [-0.2, -0.15) is 5.10 Å². The number of furan rings is 1. The van der Waals surface area contributed by atoms with Crippen molar-refractivity contribution in [3.8, 4) is 11.5 Å². The molecule has 0 saturated carbocycles. The summed E-state index contributed by atoms with van der Waals surface area (Å²) >= 11 is 1.18. The zero-order valence-electron chi connectivity index (χ0n) is 14.3. The van der Waals surface area contributed by atoms with Gasteiger partial charge in [-0.3, -0.25) is 9.59 Å². The van der Waals surface area contributed by atoms with Crippen LogP contribution in [0.15, 0.2) is 63.1 Å². The Balaban J connectivity index is 1.55. The molecule has 0 spiro atoms. The van der Waals surface area contributed by atoms with E-state index in [0.717, 1.165) is 11.3 Å². The Kier molecular flexibility index (Phi) is 4.51. The van der Waals surface area contributed by atoms with E-state index >= 15 is 0 Å². The van der Waals surface area contributed by atoms with E-state index in [1.807, 2.05) is 31.2 Å². The van der Waals surface area contributed by atoms with E-state index in [9.17, 15) is 9.59 Å². The van der Waals surface area contributed by atoms with Gasteiger partial charge in [-0.15, -0.1) is 5.10 Å². The van der Waals surface area contributed by atoms with Crippen LogP contribution in [-0.2, 0) is 4.79 Å². The maximum Gasteiger partial charge on any atom is 0.290 e. The van der Waals surface area contributed by atoms with Gasteiger partial charge >= 0.3 is 0 Å². The van der Waals surface area contributed by atoms with Gasteiger partial charge in [0.05, 0.1) is 12.0 Å². The summed E-state index contributed by atoms with van der Waals surface area (Å²) in [4.78, 5) is 24.3. The molecule has 27 heavy (non-hydrogen) atoms. The highest BCUT2D eigenvalue weighted by Crippen LogP contribution is 2.22. The average Bonchev–Trinajstić information content (AvgIpc) is 3.33. The number of hydrogen-bond acceptors (Lipinski definition) is 6. The van der Waals surface area contributed by atoms with Gasteiger partial charge in [-0.25, -0.2) is 9.61 Å². The van der Waals surface area contributed by atoms with E-state index in [1.165, 1.54) is 22.5 Å². The van der Waals surface area contributed by atoms with Crippen LogP contribution < -0.4 is 10.9 Å². The molecule has 4 aromatic rings. The molecule has 0 atom stereocenters. The number of aromatic nitrogens is 4. The number of anilines is 1. The van der Waals surface area contributed by atoms with E-state index < -0.39 is 0 Å². The Labute approximate surface area is 157 Å². The molecule has 0 aliphatic heterocycles. The minimum atomic E-state index is -0.367. The van der Waals surface area contributed by atoms with E-state index in [0.29, 0.717) is 22.1 Å². The monoisotopic (exact) mass is 381 g/mol. The smallest absolute Gasteiger partial charge is 0.290 e. The number of nitrogens with zero attached hydrogens (tertiary/aromatic N) is 3.